The third-order valence-corrected chi connectivity index (χ3v) is 7.22. The zero-order chi connectivity index (χ0) is 25.1. The Kier molecular flexibility index (Phi) is 7.25. The highest BCUT2D eigenvalue weighted by atomic mass is 16.5. The number of ether oxygens (including phenoxy) is 1. The minimum atomic E-state index is -0.0541. The van der Waals surface area contributed by atoms with E-state index in [1.54, 1.807) is 0 Å². The predicted molar refractivity (Wildman–Crippen MR) is 140 cm³/mol. The number of tetrazole rings is 1. The summed E-state index contributed by atoms with van der Waals surface area (Å²) < 4.78 is 7.89. The van der Waals surface area contributed by atoms with Gasteiger partial charge in [0, 0.05) is 30.6 Å². The van der Waals surface area contributed by atoms with Crippen LogP contribution in [-0.2, 0) is 17.8 Å². The quantitative estimate of drug-likeness (QED) is 0.379. The Bertz CT molecular complexity index is 1370. The van der Waals surface area contributed by atoms with E-state index in [-0.39, 0.29) is 17.7 Å². The zero-order valence-corrected chi connectivity index (χ0v) is 21.3. The van der Waals surface area contributed by atoms with Gasteiger partial charge in [0.15, 0.2) is 5.82 Å². The van der Waals surface area contributed by atoms with Gasteiger partial charge in [0.2, 0.25) is 0 Å². The van der Waals surface area contributed by atoms with Gasteiger partial charge in [0.1, 0.15) is 0 Å². The Labute approximate surface area is 211 Å². The topological polar surface area (TPSA) is 88.9 Å². The molecule has 2 aromatic carbocycles. The highest BCUT2D eigenvalue weighted by Crippen LogP contribution is 2.28. The van der Waals surface area contributed by atoms with Crippen molar-refractivity contribution >= 4 is 10.9 Å². The van der Waals surface area contributed by atoms with Crippen molar-refractivity contribution in [2.75, 3.05) is 13.2 Å². The van der Waals surface area contributed by atoms with Gasteiger partial charge >= 0.3 is 0 Å². The maximum absolute atomic E-state index is 13.2. The van der Waals surface area contributed by atoms with Crippen molar-refractivity contribution in [3.05, 3.63) is 87.0 Å². The molecule has 2 atom stereocenters. The highest BCUT2D eigenvalue weighted by molar-refractivity contribution is 5.85. The molecule has 4 aromatic rings. The van der Waals surface area contributed by atoms with Gasteiger partial charge in [-0.1, -0.05) is 49.4 Å². The van der Waals surface area contributed by atoms with Gasteiger partial charge in [-0.05, 0) is 66.3 Å². The van der Waals surface area contributed by atoms with Crippen molar-refractivity contribution in [1.29, 1.82) is 0 Å². The van der Waals surface area contributed by atoms with Gasteiger partial charge in [0.05, 0.1) is 24.2 Å². The summed E-state index contributed by atoms with van der Waals surface area (Å²) in [5, 5.41) is 13.9. The van der Waals surface area contributed by atoms with Crippen LogP contribution in [0.2, 0.25) is 0 Å². The molecular formula is C28H34N6O2. The zero-order valence-electron chi connectivity index (χ0n) is 21.3. The number of aryl methyl sites for hydroxylation is 2. The number of pyridine rings is 1. The molecule has 2 unspecified atom stereocenters. The van der Waals surface area contributed by atoms with E-state index in [1.807, 2.05) is 29.8 Å². The van der Waals surface area contributed by atoms with Gasteiger partial charge in [-0.3, -0.25) is 9.69 Å². The Morgan fingerprint density at radius 1 is 1.17 bits per heavy atom. The van der Waals surface area contributed by atoms with Crippen molar-refractivity contribution < 1.29 is 4.74 Å². The van der Waals surface area contributed by atoms with Crippen LogP contribution in [0.3, 0.4) is 0 Å². The highest BCUT2D eigenvalue weighted by Gasteiger charge is 2.29. The summed E-state index contributed by atoms with van der Waals surface area (Å²) in [4.78, 5) is 18.7. The molecule has 1 N–H and O–H groups in total. The normalized spacial score (nSPS) is 16.7. The van der Waals surface area contributed by atoms with Crippen LogP contribution in [0, 0.1) is 13.8 Å². The molecule has 0 amide bonds. The summed E-state index contributed by atoms with van der Waals surface area (Å²) in [6, 6.07) is 16.4. The average molecular weight is 487 g/mol. The molecule has 1 saturated heterocycles. The van der Waals surface area contributed by atoms with Crippen molar-refractivity contribution in [1.82, 2.24) is 30.1 Å². The Morgan fingerprint density at radius 2 is 1.97 bits per heavy atom. The molecule has 188 valence electrons. The molecule has 0 spiro atoms. The van der Waals surface area contributed by atoms with Crippen LogP contribution in [-0.4, -0.2) is 49.3 Å². The van der Waals surface area contributed by atoms with Crippen molar-refractivity contribution in [2.45, 2.75) is 65.3 Å². The van der Waals surface area contributed by atoms with Crippen molar-refractivity contribution in [2.24, 2.45) is 0 Å². The third-order valence-electron chi connectivity index (χ3n) is 7.22. The fourth-order valence-corrected chi connectivity index (χ4v) is 5.23. The van der Waals surface area contributed by atoms with Gasteiger partial charge in [0.25, 0.3) is 5.56 Å². The van der Waals surface area contributed by atoms with Gasteiger partial charge in [-0.2, -0.15) is 0 Å². The SMILES string of the molecule is CCC(c1nnnn1Cc1ccccc1)N(Cc1cc2c(C)ccc(C)c2[nH]c1=O)CC1CCCO1. The molecule has 3 heterocycles. The minimum Gasteiger partial charge on any atom is -0.377 e. The second kappa shape index (κ2) is 10.7. The molecule has 1 aliphatic heterocycles. The summed E-state index contributed by atoms with van der Waals surface area (Å²) in [7, 11) is 0. The number of nitrogens with one attached hydrogen (secondary N) is 1. The first-order valence-corrected chi connectivity index (χ1v) is 12.8. The molecule has 0 bridgehead atoms. The first-order valence-electron chi connectivity index (χ1n) is 12.8. The first-order chi connectivity index (χ1) is 17.5. The fraction of sp³-hybridized carbons (Fsp3) is 0.429. The Balaban J connectivity index is 1.50. The van der Waals surface area contributed by atoms with Gasteiger partial charge in [-0.15, -0.1) is 5.10 Å². The van der Waals surface area contributed by atoms with Crippen molar-refractivity contribution in [3.63, 3.8) is 0 Å². The number of nitrogens with zero attached hydrogens (tertiary/aromatic N) is 5. The van der Waals surface area contributed by atoms with E-state index in [0.717, 1.165) is 71.4 Å². The fourth-order valence-electron chi connectivity index (χ4n) is 5.23. The monoisotopic (exact) mass is 486 g/mol. The lowest BCUT2D eigenvalue weighted by Crippen LogP contribution is -2.37. The lowest BCUT2D eigenvalue weighted by atomic mass is 10.0. The van der Waals surface area contributed by atoms with E-state index in [0.29, 0.717) is 13.1 Å². The summed E-state index contributed by atoms with van der Waals surface area (Å²) in [6.07, 6.45) is 3.04. The molecule has 0 aliphatic carbocycles. The lowest BCUT2D eigenvalue weighted by molar-refractivity contribution is 0.0489. The van der Waals surface area contributed by atoms with Crippen LogP contribution >= 0.6 is 0 Å². The van der Waals surface area contributed by atoms with Crippen LogP contribution in [0.25, 0.3) is 10.9 Å². The molecule has 0 radical (unpaired) electrons. The van der Waals surface area contributed by atoms with Gasteiger partial charge in [-0.25, -0.2) is 4.68 Å². The molecule has 36 heavy (non-hydrogen) atoms. The van der Waals surface area contributed by atoms with Crippen LogP contribution in [0.1, 0.15) is 60.3 Å². The maximum Gasteiger partial charge on any atom is 0.252 e. The number of aromatic amines is 1. The minimum absolute atomic E-state index is 0.0488. The Hall–Kier alpha value is -3.36. The Morgan fingerprint density at radius 3 is 2.72 bits per heavy atom. The molecule has 0 saturated carbocycles. The number of hydrogen-bond donors (Lipinski definition) is 1. The van der Waals surface area contributed by atoms with E-state index >= 15 is 0 Å². The summed E-state index contributed by atoms with van der Waals surface area (Å²) in [5.74, 6) is 0.809. The number of aromatic nitrogens is 5. The number of hydrogen-bond acceptors (Lipinski definition) is 6. The molecule has 1 fully saturated rings. The molecule has 2 aromatic heterocycles. The van der Waals surface area contributed by atoms with Crippen LogP contribution in [0.5, 0.6) is 0 Å². The van der Waals surface area contributed by atoms with E-state index in [9.17, 15) is 4.79 Å². The predicted octanol–water partition coefficient (Wildman–Crippen LogP) is 4.31. The standard InChI is InChI=1S/C28H34N6O2/c1-4-25(27-30-31-32-34(27)16-21-9-6-5-7-10-21)33(18-23-11-8-14-36-23)17-22-15-24-19(2)12-13-20(3)26(24)29-28(22)35/h5-7,9-10,12-13,15,23,25H,4,8,11,14,16-18H2,1-3H3,(H,29,35). The number of H-pyrrole nitrogens is 1. The number of benzene rings is 2. The van der Waals surface area contributed by atoms with E-state index in [2.05, 4.69) is 69.6 Å². The summed E-state index contributed by atoms with van der Waals surface area (Å²) in [6.45, 7) is 8.86. The van der Waals surface area contributed by atoms with E-state index in [4.69, 9.17) is 4.74 Å². The number of rotatable bonds is 9. The third kappa shape index (κ3) is 5.10. The average Bonchev–Trinajstić information content (AvgIpc) is 3.56. The van der Waals surface area contributed by atoms with E-state index < -0.39 is 0 Å². The molecule has 8 nitrogen and oxygen atoms in total. The van der Waals surface area contributed by atoms with Gasteiger partial charge < -0.3 is 9.72 Å². The second-order valence-corrected chi connectivity index (χ2v) is 9.78. The molecule has 1 aliphatic rings. The van der Waals surface area contributed by atoms with E-state index in [1.165, 1.54) is 0 Å². The largest absolute Gasteiger partial charge is 0.377 e. The lowest BCUT2D eigenvalue weighted by Gasteiger charge is -2.32. The molecule has 8 heteroatoms. The smallest absolute Gasteiger partial charge is 0.252 e. The maximum atomic E-state index is 13.2. The molecule has 5 rings (SSSR count). The summed E-state index contributed by atoms with van der Waals surface area (Å²) in [5.41, 5.74) is 4.97. The second-order valence-electron chi connectivity index (χ2n) is 9.78. The number of fused-ring (bicyclic) bond motifs is 1. The van der Waals surface area contributed by atoms with Crippen LogP contribution in [0.4, 0.5) is 0 Å². The summed E-state index contributed by atoms with van der Waals surface area (Å²) >= 11 is 0. The van der Waals surface area contributed by atoms with Crippen LogP contribution < -0.4 is 5.56 Å². The first kappa shape index (κ1) is 24.3. The molecular weight excluding hydrogens is 452 g/mol. The van der Waals surface area contributed by atoms with Crippen molar-refractivity contribution in [3.8, 4) is 0 Å². The van der Waals surface area contributed by atoms with Crippen LogP contribution in [0.15, 0.2) is 53.3 Å².